The van der Waals surface area contributed by atoms with Gasteiger partial charge in [-0.25, -0.2) is 0 Å². The van der Waals surface area contributed by atoms with E-state index in [1.165, 1.54) is 5.56 Å². The van der Waals surface area contributed by atoms with Crippen LogP contribution in [0.5, 0.6) is 5.75 Å². The Bertz CT molecular complexity index is 1030. The first-order valence-corrected chi connectivity index (χ1v) is 10.8. The maximum Gasteiger partial charge on any atom is 0.307 e. The van der Waals surface area contributed by atoms with Crippen LogP contribution in [0.1, 0.15) is 31.4 Å². The second-order valence-corrected chi connectivity index (χ2v) is 7.98. The number of carbonyl (C=O) groups is 1. The number of carboxylic acids is 1. The molecule has 0 aliphatic carbocycles. The van der Waals surface area contributed by atoms with Crippen molar-refractivity contribution in [3.63, 3.8) is 0 Å². The van der Waals surface area contributed by atoms with Crippen LogP contribution >= 0.6 is 0 Å². The maximum atomic E-state index is 10.9. The average molecular weight is 432 g/mol. The summed E-state index contributed by atoms with van der Waals surface area (Å²) in [6.45, 7) is 4.93. The SMILES string of the molecule is CC(C)CC(=NOCCOc1cccc(CC(=O)O)c1)c1ccc(-c2ccccc2)cc1. The standard InChI is InChI=1S/C27H29NO4/c1-20(2)17-26(24-13-11-23(12-14-24)22-8-4-3-5-9-22)28-32-16-15-31-25-10-6-7-21(18-25)19-27(29)30/h3-14,18,20H,15-17,19H2,1-2H3,(H,29,30). The lowest BCUT2D eigenvalue weighted by Crippen LogP contribution is -2.09. The van der Waals surface area contributed by atoms with Gasteiger partial charge >= 0.3 is 5.97 Å². The fourth-order valence-electron chi connectivity index (χ4n) is 3.32. The number of ether oxygens (including phenoxy) is 1. The van der Waals surface area contributed by atoms with Gasteiger partial charge in [0.15, 0.2) is 6.61 Å². The summed E-state index contributed by atoms with van der Waals surface area (Å²) in [5.41, 5.74) is 5.00. The van der Waals surface area contributed by atoms with Gasteiger partial charge in [0, 0.05) is 0 Å². The van der Waals surface area contributed by atoms with Gasteiger partial charge in [-0.1, -0.05) is 85.7 Å². The predicted octanol–water partition coefficient (Wildman–Crippen LogP) is 5.83. The van der Waals surface area contributed by atoms with Crippen molar-refractivity contribution in [2.75, 3.05) is 13.2 Å². The van der Waals surface area contributed by atoms with Gasteiger partial charge in [-0.15, -0.1) is 0 Å². The van der Waals surface area contributed by atoms with Crippen molar-refractivity contribution in [2.24, 2.45) is 11.1 Å². The number of hydrogen-bond acceptors (Lipinski definition) is 4. The molecule has 1 N–H and O–H groups in total. The number of benzene rings is 3. The Kier molecular flexibility index (Phi) is 8.44. The monoisotopic (exact) mass is 431 g/mol. The molecule has 0 amide bonds. The Morgan fingerprint density at radius 1 is 0.906 bits per heavy atom. The van der Waals surface area contributed by atoms with E-state index in [1.807, 2.05) is 18.2 Å². The van der Waals surface area contributed by atoms with Gasteiger partial charge in [0.25, 0.3) is 0 Å². The summed E-state index contributed by atoms with van der Waals surface area (Å²) >= 11 is 0. The summed E-state index contributed by atoms with van der Waals surface area (Å²) in [7, 11) is 0. The van der Waals surface area contributed by atoms with E-state index >= 15 is 0 Å². The third kappa shape index (κ3) is 7.27. The maximum absolute atomic E-state index is 10.9. The quantitative estimate of drug-likeness (QED) is 0.236. The molecule has 0 atom stereocenters. The van der Waals surface area contributed by atoms with Crippen molar-refractivity contribution >= 4 is 11.7 Å². The molecule has 0 saturated carbocycles. The molecule has 5 nitrogen and oxygen atoms in total. The van der Waals surface area contributed by atoms with Gasteiger partial charge in [-0.3, -0.25) is 4.79 Å². The lowest BCUT2D eigenvalue weighted by molar-refractivity contribution is -0.136. The largest absolute Gasteiger partial charge is 0.490 e. The Labute approximate surface area is 189 Å². The van der Waals surface area contributed by atoms with Crippen LogP contribution in [0.2, 0.25) is 0 Å². The van der Waals surface area contributed by atoms with Crippen molar-refractivity contribution in [3.8, 4) is 16.9 Å². The molecule has 0 saturated heterocycles. The summed E-state index contributed by atoms with van der Waals surface area (Å²) in [5.74, 6) is 0.198. The highest BCUT2D eigenvalue weighted by atomic mass is 16.6. The Morgan fingerprint density at radius 2 is 1.62 bits per heavy atom. The van der Waals surface area contributed by atoms with Gasteiger partial charge in [0.05, 0.1) is 12.1 Å². The molecule has 3 rings (SSSR count). The van der Waals surface area contributed by atoms with Crippen LogP contribution in [0.3, 0.4) is 0 Å². The number of carboxylic acid groups (broad SMARTS) is 1. The van der Waals surface area contributed by atoms with Crippen LogP contribution in [0, 0.1) is 5.92 Å². The van der Waals surface area contributed by atoms with E-state index in [4.69, 9.17) is 14.7 Å². The zero-order chi connectivity index (χ0) is 22.8. The number of oxime groups is 1. The van der Waals surface area contributed by atoms with Crippen LogP contribution < -0.4 is 4.74 Å². The van der Waals surface area contributed by atoms with Gasteiger partial charge in [0.1, 0.15) is 12.4 Å². The zero-order valence-corrected chi connectivity index (χ0v) is 18.5. The fraction of sp³-hybridized carbons (Fsp3) is 0.259. The molecule has 0 bridgehead atoms. The van der Waals surface area contributed by atoms with Crippen LogP contribution in [0.4, 0.5) is 0 Å². The molecule has 0 heterocycles. The van der Waals surface area contributed by atoms with Crippen molar-refractivity contribution in [2.45, 2.75) is 26.7 Å². The number of aliphatic carboxylic acids is 1. The fourth-order valence-corrected chi connectivity index (χ4v) is 3.32. The molecule has 166 valence electrons. The van der Waals surface area contributed by atoms with Crippen molar-refractivity contribution in [1.82, 2.24) is 0 Å². The third-order valence-corrected chi connectivity index (χ3v) is 4.80. The van der Waals surface area contributed by atoms with Gasteiger partial charge in [-0.05, 0) is 46.7 Å². The second kappa shape index (κ2) is 11.7. The van der Waals surface area contributed by atoms with Crippen molar-refractivity contribution in [3.05, 3.63) is 90.0 Å². The molecule has 0 spiro atoms. The van der Waals surface area contributed by atoms with E-state index < -0.39 is 5.97 Å². The second-order valence-electron chi connectivity index (χ2n) is 7.98. The molecule has 0 fully saturated rings. The summed E-state index contributed by atoms with van der Waals surface area (Å²) in [6, 6.07) is 25.7. The molecule has 0 radical (unpaired) electrons. The van der Waals surface area contributed by atoms with E-state index in [0.29, 0.717) is 30.4 Å². The molecular weight excluding hydrogens is 402 g/mol. The molecule has 3 aromatic carbocycles. The summed E-state index contributed by atoms with van der Waals surface area (Å²) < 4.78 is 5.67. The summed E-state index contributed by atoms with van der Waals surface area (Å²) in [6.07, 6.45) is 0.780. The van der Waals surface area contributed by atoms with Crippen LogP contribution in [-0.2, 0) is 16.1 Å². The number of hydrogen-bond donors (Lipinski definition) is 1. The highest BCUT2D eigenvalue weighted by molar-refractivity contribution is 6.00. The molecule has 3 aromatic rings. The molecule has 0 aromatic heterocycles. The lowest BCUT2D eigenvalue weighted by Gasteiger charge is -2.11. The average Bonchev–Trinajstić information content (AvgIpc) is 2.78. The lowest BCUT2D eigenvalue weighted by atomic mass is 9.98. The predicted molar refractivity (Wildman–Crippen MR) is 127 cm³/mol. The Morgan fingerprint density at radius 3 is 2.31 bits per heavy atom. The Hall–Kier alpha value is -3.60. The molecular formula is C27H29NO4. The molecule has 0 aliphatic rings. The minimum Gasteiger partial charge on any atom is -0.490 e. The molecule has 0 unspecified atom stereocenters. The Balaban J connectivity index is 1.58. The van der Waals surface area contributed by atoms with Gasteiger partial charge in [0.2, 0.25) is 0 Å². The molecule has 0 aliphatic heterocycles. The van der Waals surface area contributed by atoms with E-state index in [9.17, 15) is 4.79 Å². The summed E-state index contributed by atoms with van der Waals surface area (Å²) in [4.78, 5) is 16.4. The van der Waals surface area contributed by atoms with E-state index in [0.717, 1.165) is 23.3 Å². The van der Waals surface area contributed by atoms with Gasteiger partial charge < -0.3 is 14.7 Å². The first-order valence-electron chi connectivity index (χ1n) is 10.8. The van der Waals surface area contributed by atoms with Crippen LogP contribution in [0.15, 0.2) is 84.0 Å². The highest BCUT2D eigenvalue weighted by Crippen LogP contribution is 2.21. The number of rotatable bonds is 11. The highest BCUT2D eigenvalue weighted by Gasteiger charge is 2.09. The first-order chi connectivity index (χ1) is 15.5. The normalized spacial score (nSPS) is 11.4. The van der Waals surface area contributed by atoms with E-state index in [1.54, 1.807) is 24.3 Å². The minimum absolute atomic E-state index is 0.0282. The number of nitrogens with zero attached hydrogens (tertiary/aromatic N) is 1. The molecule has 32 heavy (non-hydrogen) atoms. The molecule has 5 heteroatoms. The van der Waals surface area contributed by atoms with Crippen molar-refractivity contribution < 1.29 is 19.5 Å². The topological polar surface area (TPSA) is 68.1 Å². The first kappa shape index (κ1) is 23.1. The smallest absolute Gasteiger partial charge is 0.307 e. The third-order valence-electron chi connectivity index (χ3n) is 4.80. The van der Waals surface area contributed by atoms with Crippen LogP contribution in [0.25, 0.3) is 11.1 Å². The van der Waals surface area contributed by atoms with Crippen LogP contribution in [-0.4, -0.2) is 30.0 Å². The zero-order valence-electron chi connectivity index (χ0n) is 18.5. The van der Waals surface area contributed by atoms with Gasteiger partial charge in [-0.2, -0.15) is 0 Å². The van der Waals surface area contributed by atoms with E-state index in [2.05, 4.69) is 55.4 Å². The van der Waals surface area contributed by atoms with E-state index in [-0.39, 0.29) is 6.42 Å². The minimum atomic E-state index is -0.866. The summed E-state index contributed by atoms with van der Waals surface area (Å²) in [5, 5.41) is 13.3. The van der Waals surface area contributed by atoms with Crippen molar-refractivity contribution in [1.29, 1.82) is 0 Å².